The van der Waals surface area contributed by atoms with Gasteiger partial charge in [0.15, 0.2) is 6.10 Å². The molecule has 0 aromatic heterocycles. The number of hydrogen-bond acceptors (Lipinski definition) is 4. The van der Waals surface area contributed by atoms with Crippen LogP contribution in [0, 0.1) is 0 Å². The number of carbonyl (C=O) groups excluding carboxylic acids is 1. The minimum absolute atomic E-state index is 0.221. The lowest BCUT2D eigenvalue weighted by molar-refractivity contribution is -0.135. The van der Waals surface area contributed by atoms with E-state index in [1.807, 2.05) is 51.1 Å². The first kappa shape index (κ1) is 15.6. The van der Waals surface area contributed by atoms with Gasteiger partial charge in [-0.15, -0.1) is 0 Å². The van der Waals surface area contributed by atoms with Crippen LogP contribution >= 0.6 is 0 Å². The van der Waals surface area contributed by atoms with Gasteiger partial charge < -0.3 is 9.47 Å². The van der Waals surface area contributed by atoms with Crippen LogP contribution in [0.2, 0.25) is 0 Å². The van der Waals surface area contributed by atoms with Gasteiger partial charge in [0.05, 0.1) is 18.8 Å². The summed E-state index contributed by atoms with van der Waals surface area (Å²) in [5.74, 6) is 4.80. The molecule has 1 rings (SSSR count). The van der Waals surface area contributed by atoms with Gasteiger partial charge in [-0.05, 0) is 26.3 Å². The van der Waals surface area contributed by atoms with Crippen molar-refractivity contribution in [3.05, 3.63) is 35.9 Å². The molecule has 0 saturated carbocycles. The van der Waals surface area contributed by atoms with Crippen LogP contribution in [0.25, 0.3) is 0 Å². The number of hydrazine groups is 1. The maximum Gasteiger partial charge on any atom is 0.267 e. The second-order valence-corrected chi connectivity index (χ2v) is 5.13. The fourth-order valence-electron chi connectivity index (χ4n) is 1.54. The Labute approximate surface area is 114 Å². The topological polar surface area (TPSA) is 73.6 Å². The van der Waals surface area contributed by atoms with Crippen molar-refractivity contribution in [2.24, 2.45) is 5.84 Å². The molecule has 0 aliphatic carbocycles. The van der Waals surface area contributed by atoms with E-state index in [0.29, 0.717) is 13.2 Å². The average molecular weight is 266 g/mol. The molecule has 1 aromatic rings. The van der Waals surface area contributed by atoms with Crippen LogP contribution in [0.1, 0.15) is 32.4 Å². The molecule has 0 bridgehead atoms. The Kier molecular flexibility index (Phi) is 5.95. The first-order chi connectivity index (χ1) is 8.94. The smallest absolute Gasteiger partial charge is 0.267 e. The minimum atomic E-state index is -0.713. The van der Waals surface area contributed by atoms with E-state index in [2.05, 4.69) is 5.43 Å². The Hall–Kier alpha value is -1.43. The Morgan fingerprint density at radius 2 is 1.89 bits per heavy atom. The Morgan fingerprint density at radius 1 is 1.26 bits per heavy atom. The van der Waals surface area contributed by atoms with Gasteiger partial charge in [-0.25, -0.2) is 5.84 Å². The van der Waals surface area contributed by atoms with Crippen LogP contribution in [-0.4, -0.2) is 24.7 Å². The van der Waals surface area contributed by atoms with Gasteiger partial charge in [0.25, 0.3) is 5.91 Å². The summed E-state index contributed by atoms with van der Waals surface area (Å²) in [5, 5.41) is 0. The van der Waals surface area contributed by atoms with Crippen LogP contribution in [-0.2, 0) is 14.3 Å². The summed E-state index contributed by atoms with van der Waals surface area (Å²) in [5.41, 5.74) is 2.66. The van der Waals surface area contributed by atoms with Gasteiger partial charge in [-0.1, -0.05) is 30.3 Å². The zero-order valence-electron chi connectivity index (χ0n) is 11.7. The SMILES string of the molecule is CC(C)(C)OCCOC(C(=O)NN)c1ccccc1. The summed E-state index contributed by atoms with van der Waals surface area (Å²) >= 11 is 0. The molecule has 19 heavy (non-hydrogen) atoms. The normalized spacial score (nSPS) is 13.1. The minimum Gasteiger partial charge on any atom is -0.373 e. The maximum absolute atomic E-state index is 11.7. The largest absolute Gasteiger partial charge is 0.373 e. The number of rotatable bonds is 6. The summed E-state index contributed by atoms with van der Waals surface area (Å²) in [6.07, 6.45) is -0.713. The lowest BCUT2D eigenvalue weighted by Gasteiger charge is -2.21. The fraction of sp³-hybridized carbons (Fsp3) is 0.500. The molecule has 1 aromatic carbocycles. The molecule has 5 nitrogen and oxygen atoms in total. The molecule has 0 aliphatic heterocycles. The van der Waals surface area contributed by atoms with Crippen molar-refractivity contribution in [2.75, 3.05) is 13.2 Å². The summed E-state index contributed by atoms with van der Waals surface area (Å²) < 4.78 is 11.1. The molecule has 5 heteroatoms. The summed E-state index contributed by atoms with van der Waals surface area (Å²) in [6.45, 7) is 6.64. The third-order valence-electron chi connectivity index (χ3n) is 2.39. The van der Waals surface area contributed by atoms with Crippen molar-refractivity contribution < 1.29 is 14.3 Å². The van der Waals surface area contributed by atoms with E-state index in [1.54, 1.807) is 0 Å². The molecular weight excluding hydrogens is 244 g/mol. The first-order valence-corrected chi connectivity index (χ1v) is 6.25. The van der Waals surface area contributed by atoms with Crippen LogP contribution in [0.4, 0.5) is 0 Å². The van der Waals surface area contributed by atoms with Crippen molar-refractivity contribution >= 4 is 5.91 Å². The molecule has 0 saturated heterocycles. The highest BCUT2D eigenvalue weighted by Crippen LogP contribution is 2.17. The van der Waals surface area contributed by atoms with Gasteiger partial charge in [0, 0.05) is 0 Å². The van der Waals surface area contributed by atoms with Crippen molar-refractivity contribution in [1.29, 1.82) is 0 Å². The summed E-state index contributed by atoms with van der Waals surface area (Å²) in [7, 11) is 0. The zero-order chi connectivity index (χ0) is 14.3. The lowest BCUT2D eigenvalue weighted by Crippen LogP contribution is -2.36. The van der Waals surface area contributed by atoms with E-state index in [1.165, 1.54) is 0 Å². The maximum atomic E-state index is 11.7. The predicted octanol–water partition coefficient (Wildman–Crippen LogP) is 1.55. The molecule has 106 valence electrons. The molecule has 0 heterocycles. The highest BCUT2D eigenvalue weighted by Gasteiger charge is 2.20. The van der Waals surface area contributed by atoms with Gasteiger partial charge >= 0.3 is 0 Å². The Morgan fingerprint density at radius 3 is 2.42 bits per heavy atom. The van der Waals surface area contributed by atoms with Gasteiger partial charge in [0.2, 0.25) is 0 Å². The fourth-order valence-corrected chi connectivity index (χ4v) is 1.54. The number of nitrogens with two attached hydrogens (primary N) is 1. The Balaban J connectivity index is 2.55. The van der Waals surface area contributed by atoms with Crippen LogP contribution in [0.5, 0.6) is 0 Å². The van der Waals surface area contributed by atoms with Crippen molar-refractivity contribution in [1.82, 2.24) is 5.43 Å². The highest BCUT2D eigenvalue weighted by atomic mass is 16.5. The van der Waals surface area contributed by atoms with E-state index in [0.717, 1.165) is 5.56 Å². The second-order valence-electron chi connectivity index (χ2n) is 5.13. The molecule has 1 unspecified atom stereocenters. The highest BCUT2D eigenvalue weighted by molar-refractivity contribution is 5.81. The van der Waals surface area contributed by atoms with E-state index in [4.69, 9.17) is 15.3 Å². The second kappa shape index (κ2) is 7.23. The van der Waals surface area contributed by atoms with E-state index in [-0.39, 0.29) is 11.5 Å². The standard InChI is InChI=1S/C14H22N2O3/c1-14(2,3)19-10-9-18-12(13(17)16-15)11-7-5-4-6-8-11/h4-8,12H,9-10,15H2,1-3H3,(H,16,17). The predicted molar refractivity (Wildman–Crippen MR) is 73.2 cm³/mol. The molecule has 1 amide bonds. The number of benzene rings is 1. The molecular formula is C14H22N2O3. The van der Waals surface area contributed by atoms with Gasteiger partial charge in [-0.2, -0.15) is 0 Å². The van der Waals surface area contributed by atoms with Crippen molar-refractivity contribution in [2.45, 2.75) is 32.5 Å². The molecule has 3 N–H and O–H groups in total. The van der Waals surface area contributed by atoms with Crippen molar-refractivity contribution in [3.8, 4) is 0 Å². The first-order valence-electron chi connectivity index (χ1n) is 6.25. The monoisotopic (exact) mass is 266 g/mol. The molecule has 0 fully saturated rings. The molecule has 0 radical (unpaired) electrons. The average Bonchev–Trinajstić information content (AvgIpc) is 2.38. The van der Waals surface area contributed by atoms with E-state index in [9.17, 15) is 4.79 Å². The zero-order valence-corrected chi connectivity index (χ0v) is 11.7. The number of hydrogen-bond donors (Lipinski definition) is 2. The van der Waals surface area contributed by atoms with E-state index < -0.39 is 6.10 Å². The third-order valence-corrected chi connectivity index (χ3v) is 2.39. The van der Waals surface area contributed by atoms with E-state index >= 15 is 0 Å². The summed E-state index contributed by atoms with van der Waals surface area (Å²) in [4.78, 5) is 11.7. The number of nitrogens with one attached hydrogen (secondary N) is 1. The molecule has 0 spiro atoms. The number of amides is 1. The number of ether oxygens (including phenoxy) is 2. The summed E-state index contributed by atoms with van der Waals surface area (Å²) in [6, 6.07) is 9.22. The van der Waals surface area contributed by atoms with Crippen LogP contribution in [0.3, 0.4) is 0 Å². The molecule has 0 aliphatic rings. The van der Waals surface area contributed by atoms with Gasteiger partial charge in [-0.3, -0.25) is 10.2 Å². The lowest BCUT2D eigenvalue weighted by atomic mass is 10.1. The Bertz CT molecular complexity index is 387. The van der Waals surface area contributed by atoms with Gasteiger partial charge in [0.1, 0.15) is 0 Å². The quantitative estimate of drug-likeness (QED) is 0.354. The van der Waals surface area contributed by atoms with Crippen LogP contribution < -0.4 is 11.3 Å². The number of carbonyl (C=O) groups is 1. The molecule has 1 atom stereocenters. The van der Waals surface area contributed by atoms with Crippen molar-refractivity contribution in [3.63, 3.8) is 0 Å². The van der Waals surface area contributed by atoms with Crippen LogP contribution in [0.15, 0.2) is 30.3 Å². The third kappa shape index (κ3) is 5.83.